The van der Waals surface area contributed by atoms with Crippen LogP contribution < -0.4 is 5.43 Å². The molecule has 1 aliphatic rings. The molecule has 0 aromatic heterocycles. The minimum atomic E-state index is -0.489. The number of thioether (sulfide) groups is 1. The van der Waals surface area contributed by atoms with E-state index in [1.54, 1.807) is 30.4 Å². The average Bonchev–Trinajstić information content (AvgIpc) is 2.90. The lowest BCUT2D eigenvalue weighted by molar-refractivity contribution is -0.123. The predicted molar refractivity (Wildman–Crippen MR) is 114 cm³/mol. The van der Waals surface area contributed by atoms with Gasteiger partial charge in [0.25, 0.3) is 11.8 Å². The zero-order chi connectivity index (χ0) is 19.4. The first-order chi connectivity index (χ1) is 13.0. The summed E-state index contributed by atoms with van der Waals surface area (Å²) in [5.74, 6) is -0.864. The van der Waals surface area contributed by atoms with Gasteiger partial charge in [-0.05, 0) is 48.5 Å². The predicted octanol–water partition coefficient (Wildman–Crippen LogP) is 4.75. The van der Waals surface area contributed by atoms with Crippen molar-refractivity contribution in [3.63, 3.8) is 0 Å². The largest absolute Gasteiger partial charge is 0.285 e. The van der Waals surface area contributed by atoms with Gasteiger partial charge in [0.2, 0.25) is 0 Å². The summed E-state index contributed by atoms with van der Waals surface area (Å²) in [4.78, 5) is 25.4. The number of carbonyl (C=O) groups excluding carboxylic acids is 2. The lowest BCUT2D eigenvalue weighted by atomic mass is 10.1. The fourth-order valence-electron chi connectivity index (χ4n) is 2.36. The van der Waals surface area contributed by atoms with Crippen LogP contribution in [0.2, 0.25) is 5.02 Å². The van der Waals surface area contributed by atoms with Gasteiger partial charge in [-0.3, -0.25) is 15.0 Å². The first-order valence-corrected chi connectivity index (χ1v) is 9.63. The Bertz CT molecular complexity index is 971. The SMILES string of the molecule is Cc1ccc(C(=O)NN2C(=O)/C(=C/C=C\c3ccccc3)SC2=S)c(Cl)c1. The third-order valence-corrected chi connectivity index (χ3v) is 5.35. The summed E-state index contributed by atoms with van der Waals surface area (Å²) in [6.07, 6.45) is 5.34. The van der Waals surface area contributed by atoms with Crippen LogP contribution in [0.25, 0.3) is 6.08 Å². The molecule has 2 aromatic carbocycles. The minimum Gasteiger partial charge on any atom is -0.267 e. The fraction of sp³-hybridized carbons (Fsp3) is 0.0500. The first kappa shape index (κ1) is 19.4. The van der Waals surface area contributed by atoms with Crippen molar-refractivity contribution >= 4 is 57.8 Å². The highest BCUT2D eigenvalue weighted by Crippen LogP contribution is 2.30. The van der Waals surface area contributed by atoms with Crippen LogP contribution in [-0.2, 0) is 4.79 Å². The summed E-state index contributed by atoms with van der Waals surface area (Å²) in [7, 11) is 0. The van der Waals surface area contributed by atoms with E-state index in [4.69, 9.17) is 23.8 Å². The number of hydrogen-bond acceptors (Lipinski definition) is 4. The summed E-state index contributed by atoms with van der Waals surface area (Å²) in [5.41, 5.74) is 4.77. The Morgan fingerprint density at radius 2 is 1.96 bits per heavy atom. The maximum absolute atomic E-state index is 12.5. The van der Waals surface area contributed by atoms with Gasteiger partial charge in [-0.1, -0.05) is 71.9 Å². The van der Waals surface area contributed by atoms with Crippen molar-refractivity contribution in [2.24, 2.45) is 0 Å². The topological polar surface area (TPSA) is 49.4 Å². The molecule has 1 heterocycles. The van der Waals surface area contributed by atoms with E-state index in [0.717, 1.165) is 27.9 Å². The Morgan fingerprint density at radius 3 is 2.67 bits per heavy atom. The molecule has 0 saturated carbocycles. The number of rotatable bonds is 4. The van der Waals surface area contributed by atoms with Crippen LogP contribution in [0.1, 0.15) is 21.5 Å². The van der Waals surface area contributed by atoms with Crippen LogP contribution in [0.5, 0.6) is 0 Å². The number of benzene rings is 2. The van der Waals surface area contributed by atoms with Gasteiger partial charge in [0, 0.05) is 0 Å². The number of nitrogens with one attached hydrogen (secondary N) is 1. The molecule has 4 nitrogen and oxygen atoms in total. The normalized spacial score (nSPS) is 15.8. The number of amides is 2. The van der Waals surface area contributed by atoms with Crippen molar-refractivity contribution < 1.29 is 9.59 Å². The van der Waals surface area contributed by atoms with Gasteiger partial charge >= 0.3 is 0 Å². The van der Waals surface area contributed by atoms with Crippen LogP contribution >= 0.6 is 35.6 Å². The van der Waals surface area contributed by atoms with Crippen LogP contribution in [0.4, 0.5) is 0 Å². The number of hydrogen-bond donors (Lipinski definition) is 1. The summed E-state index contributed by atoms with van der Waals surface area (Å²) < 4.78 is 0.260. The van der Waals surface area contributed by atoms with Crippen LogP contribution in [0.15, 0.2) is 65.6 Å². The fourth-order valence-corrected chi connectivity index (χ4v) is 3.81. The second-order valence-electron chi connectivity index (χ2n) is 5.73. The number of allylic oxidation sites excluding steroid dienone is 2. The summed E-state index contributed by atoms with van der Waals surface area (Å²) in [6.45, 7) is 1.88. The molecule has 1 N–H and O–H groups in total. The van der Waals surface area contributed by atoms with Gasteiger partial charge in [0.1, 0.15) is 0 Å². The molecule has 7 heteroatoms. The lowest BCUT2D eigenvalue weighted by Crippen LogP contribution is -2.44. The maximum Gasteiger partial charge on any atom is 0.285 e. The Balaban J connectivity index is 1.71. The smallest absolute Gasteiger partial charge is 0.267 e. The molecule has 0 spiro atoms. The molecule has 1 saturated heterocycles. The molecule has 0 bridgehead atoms. The van der Waals surface area contributed by atoms with E-state index in [1.165, 1.54) is 0 Å². The highest BCUT2D eigenvalue weighted by Gasteiger charge is 2.33. The summed E-state index contributed by atoms with van der Waals surface area (Å²) >= 11 is 12.5. The van der Waals surface area contributed by atoms with Crippen LogP contribution in [0, 0.1) is 6.92 Å². The molecule has 0 atom stereocenters. The van der Waals surface area contributed by atoms with Crippen LogP contribution in [-0.4, -0.2) is 21.1 Å². The summed E-state index contributed by atoms with van der Waals surface area (Å²) in [6, 6.07) is 14.8. The molecule has 1 fully saturated rings. The maximum atomic E-state index is 12.5. The van der Waals surface area contributed by atoms with Gasteiger partial charge in [0.05, 0.1) is 15.5 Å². The number of thiocarbonyl (C=S) groups is 1. The van der Waals surface area contributed by atoms with Crippen molar-refractivity contribution in [2.45, 2.75) is 6.92 Å². The number of aryl methyl sites for hydroxylation is 1. The highest BCUT2D eigenvalue weighted by atomic mass is 35.5. The molecule has 136 valence electrons. The molecule has 27 heavy (non-hydrogen) atoms. The quantitative estimate of drug-likeness (QED) is 0.579. The van der Waals surface area contributed by atoms with Gasteiger partial charge in [0.15, 0.2) is 4.32 Å². The van der Waals surface area contributed by atoms with E-state index in [9.17, 15) is 9.59 Å². The van der Waals surface area contributed by atoms with E-state index in [0.29, 0.717) is 9.93 Å². The van der Waals surface area contributed by atoms with Crippen molar-refractivity contribution in [3.05, 3.63) is 87.3 Å². The van der Waals surface area contributed by atoms with Crippen molar-refractivity contribution in [3.8, 4) is 0 Å². The van der Waals surface area contributed by atoms with E-state index in [-0.39, 0.29) is 15.8 Å². The molecular weight excluding hydrogens is 400 g/mol. The number of carbonyl (C=O) groups is 2. The second-order valence-corrected chi connectivity index (χ2v) is 7.82. The monoisotopic (exact) mass is 414 g/mol. The van der Waals surface area contributed by atoms with E-state index in [1.807, 2.05) is 43.3 Å². The average molecular weight is 415 g/mol. The number of hydrazine groups is 1. The second kappa shape index (κ2) is 8.52. The summed E-state index contributed by atoms with van der Waals surface area (Å²) in [5, 5.41) is 1.39. The molecule has 1 aliphatic heterocycles. The zero-order valence-electron chi connectivity index (χ0n) is 14.3. The third kappa shape index (κ3) is 4.66. The standard InChI is InChI=1S/C20H15ClN2O2S2/c1-13-10-11-15(16(21)12-13)18(24)22-23-19(25)17(27-20(23)26)9-5-8-14-6-3-2-4-7-14/h2-12H,1H3,(H,22,24)/b8-5-,17-9-. The van der Waals surface area contributed by atoms with Crippen molar-refractivity contribution in [1.82, 2.24) is 10.4 Å². The molecule has 0 unspecified atom stereocenters. The van der Waals surface area contributed by atoms with Gasteiger partial charge in [-0.25, -0.2) is 0 Å². The number of halogens is 1. The van der Waals surface area contributed by atoms with E-state index in [2.05, 4.69) is 5.43 Å². The number of nitrogens with zero attached hydrogens (tertiary/aromatic N) is 1. The molecule has 0 aliphatic carbocycles. The van der Waals surface area contributed by atoms with Crippen molar-refractivity contribution in [2.75, 3.05) is 0 Å². The minimum absolute atomic E-state index is 0.260. The van der Waals surface area contributed by atoms with Gasteiger partial charge < -0.3 is 0 Å². The molecule has 2 aromatic rings. The molecule has 3 rings (SSSR count). The first-order valence-electron chi connectivity index (χ1n) is 8.02. The third-order valence-electron chi connectivity index (χ3n) is 3.71. The van der Waals surface area contributed by atoms with E-state index < -0.39 is 5.91 Å². The van der Waals surface area contributed by atoms with Gasteiger partial charge in [-0.2, -0.15) is 5.01 Å². The Hall–Kier alpha value is -2.41. The molecule has 2 amide bonds. The highest BCUT2D eigenvalue weighted by molar-refractivity contribution is 8.26. The zero-order valence-corrected chi connectivity index (χ0v) is 16.7. The Labute approximate surface area is 171 Å². The molecular formula is C20H15ClN2O2S2. The van der Waals surface area contributed by atoms with Crippen molar-refractivity contribution in [1.29, 1.82) is 0 Å². The van der Waals surface area contributed by atoms with E-state index >= 15 is 0 Å². The van der Waals surface area contributed by atoms with Crippen LogP contribution in [0.3, 0.4) is 0 Å². The Kier molecular flexibility index (Phi) is 6.11. The lowest BCUT2D eigenvalue weighted by Gasteiger charge is -2.16. The molecule has 0 radical (unpaired) electrons. The Morgan fingerprint density at radius 1 is 1.22 bits per heavy atom. The van der Waals surface area contributed by atoms with Gasteiger partial charge in [-0.15, -0.1) is 0 Å².